The first-order chi connectivity index (χ1) is 5.60. The zero-order chi connectivity index (χ0) is 10.9. The van der Waals surface area contributed by atoms with E-state index in [9.17, 15) is 0 Å². The molecule has 3 N–H and O–H groups in total. The fraction of sp³-hybridized carbons (Fsp3) is 1.00. The van der Waals surface area contributed by atoms with Crippen molar-refractivity contribution in [3.05, 3.63) is 0 Å². The Morgan fingerprint density at radius 1 is 1.00 bits per heavy atom. The fourth-order valence-corrected chi connectivity index (χ4v) is 1.97. The molecule has 0 saturated heterocycles. The topological polar surface area (TPSA) is 41.3 Å². The van der Waals surface area contributed by atoms with Crippen LogP contribution in [0.2, 0.25) is 0 Å². The number of nitrogens with one attached hydrogen (secondary N) is 1. The zero-order valence-corrected chi connectivity index (χ0v) is 10.1. The number of hydrogen-bond acceptors (Lipinski definition) is 3. The molecular weight excluding hydrogens is 161 g/mol. The Labute approximate surface area is 83.2 Å². The summed E-state index contributed by atoms with van der Waals surface area (Å²) in [6.07, 6.45) is 0. The van der Waals surface area contributed by atoms with E-state index >= 15 is 0 Å². The van der Waals surface area contributed by atoms with Crippen LogP contribution in [0.25, 0.3) is 0 Å². The molecular formula is C9H24BN3. The Morgan fingerprint density at radius 3 is 1.38 bits per heavy atom. The van der Waals surface area contributed by atoms with Gasteiger partial charge in [0.2, 0.25) is 0 Å². The molecule has 0 spiro atoms. The number of rotatable bonds is 2. The molecule has 0 fully saturated rings. The summed E-state index contributed by atoms with van der Waals surface area (Å²) in [7, 11) is 1.79. The van der Waals surface area contributed by atoms with E-state index in [4.69, 9.17) is 5.64 Å². The van der Waals surface area contributed by atoms with Crippen molar-refractivity contribution in [2.45, 2.75) is 52.6 Å². The van der Waals surface area contributed by atoms with Gasteiger partial charge in [0.15, 0.2) is 0 Å². The smallest absolute Gasteiger partial charge is 0.341 e. The molecule has 3 nitrogen and oxygen atoms in total. The monoisotopic (exact) mass is 185 g/mol. The summed E-state index contributed by atoms with van der Waals surface area (Å²) in [6, 6.07) is 0. The van der Waals surface area contributed by atoms with Crippen LogP contribution in [0.4, 0.5) is 0 Å². The summed E-state index contributed by atoms with van der Waals surface area (Å²) < 4.78 is 0. The number of hydrogen-bond donors (Lipinski definition) is 2. The summed E-state index contributed by atoms with van der Waals surface area (Å²) >= 11 is 0. The number of nitrogens with zero attached hydrogens (tertiary/aromatic N) is 1. The normalized spacial score (nSPS) is 13.6. The summed E-state index contributed by atoms with van der Waals surface area (Å²) in [5, 5.41) is 3.08. The summed E-state index contributed by atoms with van der Waals surface area (Å²) in [4.78, 5) is 2.26. The highest BCUT2D eigenvalue weighted by Gasteiger charge is 2.37. The second-order valence-electron chi connectivity index (χ2n) is 5.45. The first kappa shape index (κ1) is 12.9. The minimum absolute atomic E-state index is 0.0701. The summed E-state index contributed by atoms with van der Waals surface area (Å²) in [5.74, 6) is 0. The molecule has 0 heterocycles. The third kappa shape index (κ3) is 3.67. The van der Waals surface area contributed by atoms with Crippen LogP contribution in [0.5, 0.6) is 0 Å². The van der Waals surface area contributed by atoms with Crippen molar-refractivity contribution in [2.24, 2.45) is 5.64 Å². The quantitative estimate of drug-likeness (QED) is 0.632. The van der Waals surface area contributed by atoms with Crippen molar-refractivity contribution in [3.63, 3.8) is 0 Å². The Balaban J connectivity index is 4.78. The number of nitrogens with two attached hydrogens (primary N) is 1. The lowest BCUT2D eigenvalue weighted by Gasteiger charge is -2.47. The molecule has 0 radical (unpaired) electrons. The van der Waals surface area contributed by atoms with Crippen LogP contribution in [0.1, 0.15) is 41.5 Å². The van der Waals surface area contributed by atoms with Gasteiger partial charge in [-0.25, -0.2) is 0 Å². The molecule has 13 heavy (non-hydrogen) atoms. The Hall–Kier alpha value is -0.0551. The Kier molecular flexibility index (Phi) is 3.97. The molecule has 0 aliphatic carbocycles. The highest BCUT2D eigenvalue weighted by Crippen LogP contribution is 2.23. The lowest BCUT2D eigenvalue weighted by molar-refractivity contribution is 0.130. The van der Waals surface area contributed by atoms with Crippen LogP contribution in [-0.4, -0.2) is 30.1 Å². The standard InChI is InChI=1S/C9H24BN3/c1-8(2,3)13(9(4,5)6)10(11)12-7/h12H,11H2,1-7H3. The highest BCUT2D eigenvalue weighted by molar-refractivity contribution is 6.49. The minimum Gasteiger partial charge on any atom is -0.341 e. The van der Waals surface area contributed by atoms with Crippen LogP contribution >= 0.6 is 0 Å². The predicted octanol–water partition coefficient (Wildman–Crippen LogP) is 1.05. The third-order valence-electron chi connectivity index (χ3n) is 2.02. The van der Waals surface area contributed by atoms with Crippen molar-refractivity contribution >= 4 is 7.12 Å². The van der Waals surface area contributed by atoms with E-state index in [0.29, 0.717) is 0 Å². The molecule has 0 bridgehead atoms. The Morgan fingerprint density at radius 2 is 1.31 bits per heavy atom. The van der Waals surface area contributed by atoms with Crippen LogP contribution in [-0.2, 0) is 0 Å². The third-order valence-corrected chi connectivity index (χ3v) is 2.02. The molecule has 0 atom stereocenters. The fourth-order valence-electron chi connectivity index (χ4n) is 1.97. The lowest BCUT2D eigenvalue weighted by atomic mass is 9.79. The van der Waals surface area contributed by atoms with E-state index in [1.54, 1.807) is 0 Å². The van der Waals surface area contributed by atoms with E-state index in [1.165, 1.54) is 0 Å². The van der Waals surface area contributed by atoms with Crippen LogP contribution in [0, 0.1) is 0 Å². The second-order valence-corrected chi connectivity index (χ2v) is 5.45. The van der Waals surface area contributed by atoms with Gasteiger partial charge in [0.25, 0.3) is 0 Å². The maximum Gasteiger partial charge on any atom is 0.395 e. The van der Waals surface area contributed by atoms with Gasteiger partial charge in [-0.15, -0.1) is 0 Å². The molecule has 0 aromatic heterocycles. The minimum atomic E-state index is -0.0972. The molecule has 0 rings (SSSR count). The van der Waals surface area contributed by atoms with E-state index in [0.717, 1.165) is 0 Å². The summed E-state index contributed by atoms with van der Waals surface area (Å²) in [6.45, 7) is 13.1. The van der Waals surface area contributed by atoms with Crippen LogP contribution in [0.3, 0.4) is 0 Å². The molecule has 4 heteroatoms. The van der Waals surface area contributed by atoms with Gasteiger partial charge in [0.05, 0.1) is 0 Å². The zero-order valence-electron chi connectivity index (χ0n) is 10.1. The van der Waals surface area contributed by atoms with E-state index in [2.05, 4.69) is 51.6 Å². The van der Waals surface area contributed by atoms with Gasteiger partial charge in [0, 0.05) is 11.1 Å². The van der Waals surface area contributed by atoms with Gasteiger partial charge in [-0.2, -0.15) is 0 Å². The van der Waals surface area contributed by atoms with Gasteiger partial charge in [-0.05, 0) is 48.6 Å². The maximum atomic E-state index is 6.00. The lowest BCUT2D eigenvalue weighted by Crippen LogP contribution is -2.68. The van der Waals surface area contributed by atoms with Crippen molar-refractivity contribution in [1.82, 2.24) is 10.0 Å². The van der Waals surface area contributed by atoms with E-state index < -0.39 is 0 Å². The molecule has 0 amide bonds. The molecule has 0 aliphatic heterocycles. The average Bonchev–Trinajstić information content (AvgIpc) is 1.80. The molecule has 0 saturated carbocycles. The largest absolute Gasteiger partial charge is 0.395 e. The van der Waals surface area contributed by atoms with Crippen molar-refractivity contribution in [3.8, 4) is 0 Å². The second kappa shape index (κ2) is 3.99. The summed E-state index contributed by atoms with van der Waals surface area (Å²) in [5.41, 5.74) is 6.14. The van der Waals surface area contributed by atoms with Crippen molar-refractivity contribution < 1.29 is 0 Å². The van der Waals surface area contributed by atoms with Crippen molar-refractivity contribution in [2.75, 3.05) is 7.05 Å². The first-order valence-corrected chi connectivity index (χ1v) is 4.83. The molecule has 0 aromatic carbocycles. The molecule has 0 aliphatic rings. The van der Waals surface area contributed by atoms with Gasteiger partial charge in [0.1, 0.15) is 0 Å². The Bertz CT molecular complexity index is 143. The maximum absolute atomic E-state index is 6.00. The van der Waals surface area contributed by atoms with Gasteiger partial charge in [-0.3, -0.25) is 0 Å². The molecule has 0 aromatic rings. The van der Waals surface area contributed by atoms with Crippen LogP contribution in [0.15, 0.2) is 0 Å². The van der Waals surface area contributed by atoms with Crippen molar-refractivity contribution in [1.29, 1.82) is 0 Å². The van der Waals surface area contributed by atoms with E-state index in [1.807, 2.05) is 7.05 Å². The molecule has 78 valence electrons. The van der Waals surface area contributed by atoms with Crippen LogP contribution < -0.4 is 10.9 Å². The average molecular weight is 185 g/mol. The van der Waals surface area contributed by atoms with Gasteiger partial charge in [-0.1, -0.05) is 0 Å². The predicted molar refractivity (Wildman–Crippen MR) is 60.3 cm³/mol. The molecule has 0 unspecified atom stereocenters. The van der Waals surface area contributed by atoms with Gasteiger partial charge >= 0.3 is 7.12 Å². The SMILES string of the molecule is CNB(N)N(C(C)(C)C)C(C)(C)C. The first-order valence-electron chi connectivity index (χ1n) is 4.83. The highest BCUT2D eigenvalue weighted by atomic mass is 15.3. The van der Waals surface area contributed by atoms with Gasteiger partial charge < -0.3 is 15.7 Å². The van der Waals surface area contributed by atoms with E-state index in [-0.39, 0.29) is 18.2 Å².